The van der Waals surface area contributed by atoms with Gasteiger partial charge in [0, 0.05) is 29.2 Å². The standard InChI is InChI=1S/C29H44N6O3/c1-18-23(19(2)35-34-18)22-16-30-27(31-17-22)33-26(36)25(32-28(37)38-29(3,4)5)24(20-12-8-6-9-13-20)21-14-10-7-11-15-21/h16-17,20-21,24-25H,6-15H2,1-5H3,(H,32,37)(H,34,35)(H,30,31,33,36). The molecule has 4 rings (SSSR count). The van der Waals surface area contributed by atoms with Gasteiger partial charge in [0.15, 0.2) is 0 Å². The molecule has 0 aromatic carbocycles. The zero-order valence-corrected chi connectivity index (χ0v) is 23.6. The molecule has 1 atom stereocenters. The van der Waals surface area contributed by atoms with Crippen molar-refractivity contribution < 1.29 is 14.3 Å². The number of amides is 2. The van der Waals surface area contributed by atoms with Gasteiger partial charge in [0.05, 0.1) is 5.69 Å². The van der Waals surface area contributed by atoms with Gasteiger partial charge in [-0.05, 0) is 52.4 Å². The number of aromatic nitrogens is 4. The van der Waals surface area contributed by atoms with Crippen LogP contribution in [0.2, 0.25) is 0 Å². The predicted octanol–water partition coefficient (Wildman–Crippen LogP) is 6.09. The fourth-order valence-corrected chi connectivity index (χ4v) is 6.42. The summed E-state index contributed by atoms with van der Waals surface area (Å²) in [5.74, 6) is 0.791. The number of carbonyl (C=O) groups excluding carboxylic acids is 2. The smallest absolute Gasteiger partial charge is 0.408 e. The molecule has 2 amide bonds. The second kappa shape index (κ2) is 12.3. The molecular weight excluding hydrogens is 480 g/mol. The number of ether oxygens (including phenoxy) is 1. The number of H-pyrrole nitrogens is 1. The van der Waals surface area contributed by atoms with E-state index in [4.69, 9.17) is 4.74 Å². The third-order valence-corrected chi connectivity index (χ3v) is 8.03. The molecule has 208 valence electrons. The molecule has 2 fully saturated rings. The molecule has 1 unspecified atom stereocenters. The van der Waals surface area contributed by atoms with Gasteiger partial charge in [0.25, 0.3) is 0 Å². The van der Waals surface area contributed by atoms with Crippen LogP contribution in [0.1, 0.15) is 96.4 Å². The maximum absolute atomic E-state index is 13.9. The normalized spacial score (nSPS) is 18.3. The zero-order valence-electron chi connectivity index (χ0n) is 23.6. The van der Waals surface area contributed by atoms with Crippen LogP contribution in [-0.2, 0) is 9.53 Å². The maximum atomic E-state index is 13.9. The van der Waals surface area contributed by atoms with Crippen LogP contribution < -0.4 is 10.6 Å². The summed E-state index contributed by atoms with van der Waals surface area (Å²) in [6, 6.07) is -0.710. The van der Waals surface area contributed by atoms with Gasteiger partial charge in [-0.1, -0.05) is 64.2 Å². The summed E-state index contributed by atoms with van der Waals surface area (Å²) in [5.41, 5.74) is 2.94. The summed E-state index contributed by atoms with van der Waals surface area (Å²) >= 11 is 0. The Kier molecular flexibility index (Phi) is 9.05. The van der Waals surface area contributed by atoms with E-state index in [0.29, 0.717) is 11.8 Å². The first-order chi connectivity index (χ1) is 18.1. The van der Waals surface area contributed by atoms with E-state index in [0.717, 1.165) is 48.2 Å². The van der Waals surface area contributed by atoms with Crippen molar-refractivity contribution in [3.05, 3.63) is 23.8 Å². The quantitative estimate of drug-likeness (QED) is 0.403. The molecule has 0 aliphatic heterocycles. The third kappa shape index (κ3) is 7.11. The van der Waals surface area contributed by atoms with E-state index in [2.05, 4.69) is 30.8 Å². The number of aromatic amines is 1. The first-order valence-electron chi connectivity index (χ1n) is 14.3. The fraction of sp³-hybridized carbons (Fsp3) is 0.690. The highest BCUT2D eigenvalue weighted by atomic mass is 16.6. The molecule has 3 N–H and O–H groups in total. The van der Waals surface area contributed by atoms with Crippen molar-refractivity contribution in [1.82, 2.24) is 25.5 Å². The van der Waals surface area contributed by atoms with Crippen molar-refractivity contribution in [1.29, 1.82) is 0 Å². The Morgan fingerprint density at radius 2 is 1.50 bits per heavy atom. The van der Waals surface area contributed by atoms with E-state index >= 15 is 0 Å². The van der Waals surface area contributed by atoms with E-state index < -0.39 is 17.7 Å². The van der Waals surface area contributed by atoms with Gasteiger partial charge < -0.3 is 10.1 Å². The molecule has 0 spiro atoms. The summed E-state index contributed by atoms with van der Waals surface area (Å²) < 4.78 is 5.60. The van der Waals surface area contributed by atoms with Crippen molar-refractivity contribution in [2.45, 2.75) is 110 Å². The lowest BCUT2D eigenvalue weighted by Gasteiger charge is -2.41. The molecule has 2 saturated carbocycles. The summed E-state index contributed by atoms with van der Waals surface area (Å²) in [6.07, 6.45) is 14.4. The van der Waals surface area contributed by atoms with Gasteiger partial charge in [-0.15, -0.1) is 0 Å². The topological polar surface area (TPSA) is 122 Å². The van der Waals surface area contributed by atoms with Crippen molar-refractivity contribution in [3.8, 4) is 11.1 Å². The molecule has 0 radical (unpaired) electrons. The van der Waals surface area contributed by atoms with Gasteiger partial charge in [0.1, 0.15) is 11.6 Å². The van der Waals surface area contributed by atoms with Crippen molar-refractivity contribution in [3.63, 3.8) is 0 Å². The van der Waals surface area contributed by atoms with Crippen LogP contribution in [-0.4, -0.2) is 43.8 Å². The van der Waals surface area contributed by atoms with Crippen molar-refractivity contribution in [2.75, 3.05) is 5.32 Å². The van der Waals surface area contributed by atoms with Crippen LogP contribution in [0.5, 0.6) is 0 Å². The lowest BCUT2D eigenvalue weighted by Crippen LogP contribution is -2.54. The largest absolute Gasteiger partial charge is 0.444 e. The zero-order chi connectivity index (χ0) is 27.3. The molecule has 0 saturated heterocycles. The predicted molar refractivity (Wildman–Crippen MR) is 148 cm³/mol. The maximum Gasteiger partial charge on any atom is 0.408 e. The third-order valence-electron chi connectivity index (χ3n) is 8.03. The van der Waals surface area contributed by atoms with Gasteiger partial charge in [-0.3, -0.25) is 15.2 Å². The highest BCUT2D eigenvalue weighted by Crippen LogP contribution is 2.42. The Labute approximate surface area is 226 Å². The molecule has 2 aliphatic rings. The Morgan fingerprint density at radius 1 is 0.947 bits per heavy atom. The Bertz CT molecular complexity index is 1040. The number of anilines is 1. The minimum Gasteiger partial charge on any atom is -0.444 e. The number of aryl methyl sites for hydroxylation is 2. The Morgan fingerprint density at radius 3 is 1.97 bits per heavy atom. The van der Waals surface area contributed by atoms with Crippen molar-refractivity contribution >= 4 is 17.9 Å². The summed E-state index contributed by atoms with van der Waals surface area (Å²) in [4.78, 5) is 35.7. The van der Waals surface area contributed by atoms with E-state index in [-0.39, 0.29) is 17.8 Å². The summed E-state index contributed by atoms with van der Waals surface area (Å²) in [7, 11) is 0. The fourth-order valence-electron chi connectivity index (χ4n) is 6.42. The van der Waals surface area contributed by atoms with Crippen LogP contribution >= 0.6 is 0 Å². The van der Waals surface area contributed by atoms with E-state index in [1.54, 1.807) is 12.4 Å². The number of alkyl carbamates (subject to hydrolysis) is 1. The molecule has 2 aromatic rings. The van der Waals surface area contributed by atoms with E-state index in [9.17, 15) is 9.59 Å². The summed E-state index contributed by atoms with van der Waals surface area (Å²) in [5, 5.41) is 13.1. The van der Waals surface area contributed by atoms with Crippen LogP contribution in [0.3, 0.4) is 0 Å². The van der Waals surface area contributed by atoms with E-state index in [1.165, 1.54) is 38.5 Å². The molecule has 9 heteroatoms. The molecular formula is C29H44N6O3. The molecule has 0 bridgehead atoms. The van der Waals surface area contributed by atoms with Gasteiger partial charge in [-0.2, -0.15) is 5.10 Å². The molecule has 2 aliphatic carbocycles. The highest BCUT2D eigenvalue weighted by molar-refractivity contribution is 5.95. The number of hydrogen-bond acceptors (Lipinski definition) is 6. The van der Waals surface area contributed by atoms with Crippen LogP contribution in [0.15, 0.2) is 12.4 Å². The molecule has 38 heavy (non-hydrogen) atoms. The average molecular weight is 525 g/mol. The Balaban J connectivity index is 1.59. The van der Waals surface area contributed by atoms with Crippen LogP contribution in [0, 0.1) is 31.6 Å². The molecule has 2 heterocycles. The monoisotopic (exact) mass is 524 g/mol. The number of hydrogen-bond donors (Lipinski definition) is 3. The lowest BCUT2D eigenvalue weighted by atomic mass is 9.66. The van der Waals surface area contributed by atoms with Crippen LogP contribution in [0.4, 0.5) is 10.7 Å². The summed E-state index contributed by atoms with van der Waals surface area (Å²) in [6.45, 7) is 9.38. The average Bonchev–Trinajstić information content (AvgIpc) is 3.22. The van der Waals surface area contributed by atoms with Gasteiger partial charge >= 0.3 is 6.09 Å². The lowest BCUT2D eigenvalue weighted by molar-refractivity contribution is -0.121. The van der Waals surface area contributed by atoms with Gasteiger partial charge in [0.2, 0.25) is 11.9 Å². The second-order valence-electron chi connectivity index (χ2n) is 12.1. The minimum absolute atomic E-state index is 0.0543. The van der Waals surface area contributed by atoms with Gasteiger partial charge in [-0.25, -0.2) is 14.8 Å². The first-order valence-corrected chi connectivity index (χ1v) is 14.3. The first kappa shape index (κ1) is 28.0. The number of nitrogens with zero attached hydrogens (tertiary/aromatic N) is 3. The molecule has 2 aromatic heterocycles. The SMILES string of the molecule is Cc1n[nH]c(C)c1-c1cnc(NC(=O)C(NC(=O)OC(C)(C)C)C(C2CCCCC2)C2CCCCC2)nc1. The highest BCUT2D eigenvalue weighted by Gasteiger charge is 2.42. The number of rotatable bonds is 7. The number of nitrogens with one attached hydrogen (secondary N) is 3. The van der Waals surface area contributed by atoms with Crippen molar-refractivity contribution in [2.24, 2.45) is 17.8 Å². The van der Waals surface area contributed by atoms with Crippen LogP contribution in [0.25, 0.3) is 11.1 Å². The Hall–Kier alpha value is -2.97. The molecule has 9 nitrogen and oxygen atoms in total. The number of carbonyl (C=O) groups is 2. The minimum atomic E-state index is -0.710. The van der Waals surface area contributed by atoms with E-state index in [1.807, 2.05) is 34.6 Å². The second-order valence-corrected chi connectivity index (χ2v) is 12.1.